The van der Waals surface area contributed by atoms with Crippen LogP contribution in [0.15, 0.2) is 18.2 Å². The summed E-state index contributed by atoms with van der Waals surface area (Å²) in [6.07, 6.45) is 0. The van der Waals surface area contributed by atoms with Gasteiger partial charge in [0, 0.05) is 3.57 Å². The molecule has 1 heterocycles. The summed E-state index contributed by atoms with van der Waals surface area (Å²) in [6.45, 7) is 3.78. The molecule has 1 aromatic carbocycles. The van der Waals surface area contributed by atoms with Gasteiger partial charge in [0.05, 0.1) is 11.6 Å². The molecule has 2 rings (SSSR count). The van der Waals surface area contributed by atoms with Gasteiger partial charge >= 0.3 is 0 Å². The fourth-order valence-corrected chi connectivity index (χ4v) is 2.12. The van der Waals surface area contributed by atoms with E-state index in [-0.39, 0.29) is 11.9 Å². The summed E-state index contributed by atoms with van der Waals surface area (Å²) in [7, 11) is 0. The second-order valence-corrected chi connectivity index (χ2v) is 4.98. The van der Waals surface area contributed by atoms with Gasteiger partial charge in [-0.1, -0.05) is 17.3 Å². The minimum atomic E-state index is -0.285. The predicted molar refractivity (Wildman–Crippen MR) is 74.0 cm³/mol. The number of benzene rings is 1. The average Bonchev–Trinajstić information content (AvgIpc) is 2.86. The van der Waals surface area contributed by atoms with E-state index in [2.05, 4.69) is 48.5 Å². The molecular formula is C11H12IN5O. The van der Waals surface area contributed by atoms with Gasteiger partial charge in [-0.2, -0.15) is 5.21 Å². The van der Waals surface area contributed by atoms with E-state index in [4.69, 9.17) is 0 Å². The Bertz CT molecular complexity index is 555. The van der Waals surface area contributed by atoms with Crippen molar-refractivity contribution in [1.29, 1.82) is 0 Å². The number of nitrogens with one attached hydrogen (secondary N) is 2. The summed E-state index contributed by atoms with van der Waals surface area (Å²) in [5.41, 5.74) is 1.74. The number of tetrazole rings is 1. The van der Waals surface area contributed by atoms with Gasteiger partial charge in [-0.25, -0.2) is 0 Å². The number of carbonyl (C=O) groups is 1. The second-order valence-electron chi connectivity index (χ2n) is 3.90. The van der Waals surface area contributed by atoms with Crippen LogP contribution in [-0.2, 0) is 0 Å². The number of aromatic nitrogens is 4. The smallest absolute Gasteiger partial charge is 0.252 e. The Labute approximate surface area is 118 Å². The van der Waals surface area contributed by atoms with Crippen molar-refractivity contribution >= 4 is 28.5 Å². The van der Waals surface area contributed by atoms with Gasteiger partial charge in [0.25, 0.3) is 5.91 Å². The van der Waals surface area contributed by atoms with E-state index >= 15 is 0 Å². The minimum Gasteiger partial charge on any atom is -0.342 e. The third-order valence-electron chi connectivity index (χ3n) is 2.53. The third-order valence-corrected chi connectivity index (χ3v) is 3.96. The number of halogens is 1. The Balaban J connectivity index is 2.15. The quantitative estimate of drug-likeness (QED) is 0.818. The molecule has 2 N–H and O–H groups in total. The highest BCUT2D eigenvalue weighted by Crippen LogP contribution is 2.17. The Hall–Kier alpha value is -1.51. The number of hydrogen-bond acceptors (Lipinski definition) is 4. The van der Waals surface area contributed by atoms with Crippen LogP contribution in [0.3, 0.4) is 0 Å². The number of rotatable bonds is 3. The first-order valence-corrected chi connectivity index (χ1v) is 6.47. The summed E-state index contributed by atoms with van der Waals surface area (Å²) in [5, 5.41) is 16.3. The number of carbonyl (C=O) groups excluding carboxylic acids is 1. The van der Waals surface area contributed by atoms with E-state index < -0.39 is 0 Å². The maximum absolute atomic E-state index is 12.1. The zero-order valence-corrected chi connectivity index (χ0v) is 12.1. The summed E-state index contributed by atoms with van der Waals surface area (Å²) in [6, 6.07) is 5.35. The van der Waals surface area contributed by atoms with Crippen LogP contribution in [0.1, 0.15) is 34.7 Å². The molecule has 0 aliphatic rings. The van der Waals surface area contributed by atoms with Crippen LogP contribution >= 0.6 is 22.6 Å². The van der Waals surface area contributed by atoms with Crippen LogP contribution in [0.25, 0.3) is 0 Å². The van der Waals surface area contributed by atoms with Crippen molar-refractivity contribution in [3.63, 3.8) is 0 Å². The molecule has 7 heteroatoms. The third kappa shape index (κ3) is 2.66. The molecular weight excluding hydrogens is 345 g/mol. The van der Waals surface area contributed by atoms with E-state index in [0.717, 1.165) is 9.13 Å². The number of aromatic amines is 1. The van der Waals surface area contributed by atoms with Gasteiger partial charge in [0.2, 0.25) is 0 Å². The Morgan fingerprint density at radius 1 is 1.50 bits per heavy atom. The van der Waals surface area contributed by atoms with Crippen molar-refractivity contribution in [2.75, 3.05) is 0 Å². The minimum absolute atomic E-state index is 0.139. The fourth-order valence-electron chi connectivity index (χ4n) is 1.51. The van der Waals surface area contributed by atoms with Crippen LogP contribution in [-0.4, -0.2) is 26.5 Å². The Morgan fingerprint density at radius 2 is 2.28 bits per heavy atom. The van der Waals surface area contributed by atoms with Gasteiger partial charge in [-0.3, -0.25) is 4.79 Å². The molecule has 0 bridgehead atoms. The monoisotopic (exact) mass is 357 g/mol. The van der Waals surface area contributed by atoms with E-state index in [1.165, 1.54) is 0 Å². The molecule has 18 heavy (non-hydrogen) atoms. The second kappa shape index (κ2) is 5.42. The summed E-state index contributed by atoms with van der Waals surface area (Å²) >= 11 is 2.17. The standard InChI is InChI=1S/C11H12IN5O/c1-6-4-3-5-8(9(6)12)11(18)13-7(2)10-14-16-17-15-10/h3-5,7H,1-2H3,(H,13,18)(H,14,15,16,17). The highest BCUT2D eigenvalue weighted by atomic mass is 127. The van der Waals surface area contributed by atoms with Crippen LogP contribution in [0.2, 0.25) is 0 Å². The normalized spacial score (nSPS) is 12.2. The first-order valence-electron chi connectivity index (χ1n) is 5.39. The van der Waals surface area contributed by atoms with E-state index in [1.807, 2.05) is 26.0 Å². The van der Waals surface area contributed by atoms with Crippen LogP contribution in [0, 0.1) is 10.5 Å². The predicted octanol–water partition coefficient (Wildman–Crippen LogP) is 1.60. The van der Waals surface area contributed by atoms with E-state index in [0.29, 0.717) is 11.4 Å². The molecule has 0 aliphatic heterocycles. The van der Waals surface area contributed by atoms with Gasteiger partial charge < -0.3 is 5.32 Å². The zero-order valence-electron chi connectivity index (χ0n) is 9.94. The number of hydrogen-bond donors (Lipinski definition) is 2. The lowest BCUT2D eigenvalue weighted by Crippen LogP contribution is -2.28. The Morgan fingerprint density at radius 3 is 2.94 bits per heavy atom. The molecule has 0 radical (unpaired) electrons. The van der Waals surface area contributed by atoms with Crippen LogP contribution < -0.4 is 5.32 Å². The first-order chi connectivity index (χ1) is 8.59. The zero-order chi connectivity index (χ0) is 13.1. The van der Waals surface area contributed by atoms with Crippen molar-refractivity contribution in [3.8, 4) is 0 Å². The van der Waals surface area contributed by atoms with E-state index in [9.17, 15) is 4.79 Å². The highest BCUT2D eigenvalue weighted by Gasteiger charge is 2.16. The number of nitrogens with zero attached hydrogens (tertiary/aromatic N) is 3. The molecule has 1 aromatic heterocycles. The first kappa shape index (κ1) is 12.9. The van der Waals surface area contributed by atoms with Gasteiger partial charge in [-0.05, 0) is 48.1 Å². The van der Waals surface area contributed by atoms with Crippen LogP contribution in [0.5, 0.6) is 0 Å². The molecule has 0 spiro atoms. The molecule has 0 saturated heterocycles. The molecule has 6 nitrogen and oxygen atoms in total. The molecule has 0 aliphatic carbocycles. The van der Waals surface area contributed by atoms with Crippen molar-refractivity contribution in [1.82, 2.24) is 25.9 Å². The lowest BCUT2D eigenvalue weighted by molar-refractivity contribution is 0.0937. The van der Waals surface area contributed by atoms with Gasteiger partial charge in [-0.15, -0.1) is 10.2 Å². The maximum Gasteiger partial charge on any atom is 0.252 e. The molecule has 0 saturated carbocycles. The summed E-state index contributed by atoms with van der Waals surface area (Å²) in [4.78, 5) is 12.1. The SMILES string of the molecule is Cc1cccc(C(=O)NC(C)c2nn[nH]n2)c1I. The van der Waals surface area contributed by atoms with Crippen molar-refractivity contribution < 1.29 is 4.79 Å². The largest absolute Gasteiger partial charge is 0.342 e. The van der Waals surface area contributed by atoms with Gasteiger partial charge in [0.1, 0.15) is 0 Å². The fraction of sp³-hybridized carbons (Fsp3) is 0.273. The molecule has 94 valence electrons. The highest BCUT2D eigenvalue weighted by molar-refractivity contribution is 14.1. The van der Waals surface area contributed by atoms with Gasteiger partial charge in [0.15, 0.2) is 5.82 Å². The summed E-state index contributed by atoms with van der Waals surface area (Å²) < 4.78 is 0.952. The molecule has 2 aromatic rings. The lowest BCUT2D eigenvalue weighted by atomic mass is 10.1. The molecule has 1 amide bonds. The number of amides is 1. The average molecular weight is 357 g/mol. The topological polar surface area (TPSA) is 83.6 Å². The molecule has 1 atom stereocenters. The number of H-pyrrole nitrogens is 1. The number of aryl methyl sites for hydroxylation is 1. The molecule has 1 unspecified atom stereocenters. The Kier molecular flexibility index (Phi) is 3.90. The molecule has 0 fully saturated rings. The van der Waals surface area contributed by atoms with Crippen molar-refractivity contribution in [2.24, 2.45) is 0 Å². The van der Waals surface area contributed by atoms with E-state index in [1.54, 1.807) is 6.07 Å². The summed E-state index contributed by atoms with van der Waals surface area (Å²) in [5.74, 6) is 0.325. The maximum atomic E-state index is 12.1. The lowest BCUT2D eigenvalue weighted by Gasteiger charge is -2.11. The van der Waals surface area contributed by atoms with Crippen LogP contribution in [0.4, 0.5) is 0 Å². The van der Waals surface area contributed by atoms with Crippen molar-refractivity contribution in [2.45, 2.75) is 19.9 Å². The van der Waals surface area contributed by atoms with Crippen molar-refractivity contribution in [3.05, 3.63) is 38.7 Å².